The molecular weight excluding hydrogens is 447 g/mol. The first-order valence-corrected chi connectivity index (χ1v) is 10.8. The van der Waals surface area contributed by atoms with Crippen molar-refractivity contribution in [2.75, 3.05) is 6.61 Å². The third-order valence-electron chi connectivity index (χ3n) is 4.13. The molecule has 0 radical (unpaired) electrons. The lowest BCUT2D eigenvalue weighted by Gasteiger charge is -2.07. The van der Waals surface area contributed by atoms with E-state index in [1.54, 1.807) is 24.3 Å². The zero-order chi connectivity index (χ0) is 20.9. The largest absolute Gasteiger partial charge is 0.492 e. The summed E-state index contributed by atoms with van der Waals surface area (Å²) >= 11 is 13.3. The fourth-order valence-corrected chi connectivity index (χ4v) is 3.84. The monoisotopic (exact) mass is 462 g/mol. The smallest absolute Gasteiger partial charge is 0.277 e. The number of aromatic nitrogens is 4. The Morgan fingerprint density at radius 1 is 1.13 bits per heavy atom. The molecule has 2 aromatic heterocycles. The Labute approximate surface area is 185 Å². The van der Waals surface area contributed by atoms with Gasteiger partial charge < -0.3 is 14.1 Å². The number of aryl methyl sites for hydroxylation is 1. The molecule has 0 aliphatic carbocycles. The maximum absolute atomic E-state index is 12.1. The van der Waals surface area contributed by atoms with Crippen LogP contribution in [0, 0.1) is 0 Å². The molecule has 0 spiro atoms. The molecule has 0 saturated heterocycles. The molecule has 2 heterocycles. The third-order valence-corrected chi connectivity index (χ3v) is 5.49. The Kier molecular flexibility index (Phi) is 6.56. The van der Waals surface area contributed by atoms with Crippen molar-refractivity contribution in [3.05, 3.63) is 74.6 Å². The van der Waals surface area contributed by atoms with Gasteiger partial charge in [0, 0.05) is 11.4 Å². The number of ether oxygens (including phenoxy) is 1. The van der Waals surface area contributed by atoms with E-state index < -0.39 is 0 Å². The molecular formula is C20H16Cl2N4O3S. The number of H-pyrrole nitrogens is 1. The number of para-hydroxylation sites is 1. The van der Waals surface area contributed by atoms with Crippen molar-refractivity contribution >= 4 is 45.9 Å². The Morgan fingerprint density at radius 2 is 2.00 bits per heavy atom. The summed E-state index contributed by atoms with van der Waals surface area (Å²) in [7, 11) is 0. The molecule has 0 aliphatic heterocycles. The SMILES string of the molecule is O=c1[nH]c(CSc2nnc(CCCOc3ccc(Cl)cc3Cl)o2)nc2ccccc12. The van der Waals surface area contributed by atoms with Gasteiger partial charge in [0.2, 0.25) is 5.89 Å². The maximum atomic E-state index is 12.1. The summed E-state index contributed by atoms with van der Waals surface area (Å²) in [5.74, 6) is 2.07. The highest BCUT2D eigenvalue weighted by Gasteiger charge is 2.10. The van der Waals surface area contributed by atoms with E-state index in [1.165, 1.54) is 11.8 Å². The second-order valence-electron chi connectivity index (χ2n) is 6.31. The number of nitrogens with zero attached hydrogens (tertiary/aromatic N) is 3. The molecule has 1 N–H and O–H groups in total. The maximum Gasteiger partial charge on any atom is 0.277 e. The molecule has 30 heavy (non-hydrogen) atoms. The number of nitrogens with one attached hydrogen (secondary N) is 1. The Balaban J connectivity index is 1.27. The van der Waals surface area contributed by atoms with E-state index in [9.17, 15) is 4.79 Å². The molecule has 0 atom stereocenters. The van der Waals surface area contributed by atoms with Crippen LogP contribution in [0.3, 0.4) is 0 Å². The zero-order valence-electron chi connectivity index (χ0n) is 15.6. The molecule has 7 nitrogen and oxygen atoms in total. The van der Waals surface area contributed by atoms with E-state index in [1.807, 2.05) is 18.2 Å². The number of hydrogen-bond acceptors (Lipinski definition) is 7. The van der Waals surface area contributed by atoms with Gasteiger partial charge in [-0.15, -0.1) is 10.2 Å². The van der Waals surface area contributed by atoms with E-state index in [0.717, 1.165) is 0 Å². The van der Waals surface area contributed by atoms with Crippen LogP contribution in [-0.4, -0.2) is 26.8 Å². The second kappa shape index (κ2) is 9.51. The topological polar surface area (TPSA) is 93.9 Å². The number of benzene rings is 2. The van der Waals surface area contributed by atoms with Crippen LogP contribution in [0.25, 0.3) is 10.9 Å². The fourth-order valence-electron chi connectivity index (χ4n) is 2.73. The number of rotatable bonds is 8. The van der Waals surface area contributed by atoms with Gasteiger partial charge in [0.15, 0.2) is 0 Å². The van der Waals surface area contributed by atoms with Gasteiger partial charge in [0.25, 0.3) is 10.8 Å². The first-order valence-electron chi connectivity index (χ1n) is 9.09. The van der Waals surface area contributed by atoms with E-state index in [4.69, 9.17) is 32.4 Å². The Bertz CT molecular complexity index is 1230. The van der Waals surface area contributed by atoms with Crippen LogP contribution in [0.2, 0.25) is 10.0 Å². The van der Waals surface area contributed by atoms with Gasteiger partial charge in [-0.2, -0.15) is 0 Å². The van der Waals surface area contributed by atoms with Crippen molar-refractivity contribution < 1.29 is 9.15 Å². The van der Waals surface area contributed by atoms with Crippen LogP contribution in [0.5, 0.6) is 5.75 Å². The van der Waals surface area contributed by atoms with Crippen molar-refractivity contribution in [1.82, 2.24) is 20.2 Å². The Hall–Kier alpha value is -2.55. The van der Waals surface area contributed by atoms with E-state index >= 15 is 0 Å². The number of thioether (sulfide) groups is 1. The minimum absolute atomic E-state index is 0.164. The molecule has 0 aliphatic rings. The average Bonchev–Trinajstić information content (AvgIpc) is 3.19. The fraction of sp³-hybridized carbons (Fsp3) is 0.200. The summed E-state index contributed by atoms with van der Waals surface area (Å²) in [6.07, 6.45) is 1.26. The van der Waals surface area contributed by atoms with Gasteiger partial charge in [0.1, 0.15) is 11.6 Å². The van der Waals surface area contributed by atoms with Gasteiger partial charge in [-0.1, -0.05) is 47.1 Å². The molecule has 0 fully saturated rings. The molecule has 0 saturated carbocycles. The van der Waals surface area contributed by atoms with Gasteiger partial charge in [-0.05, 0) is 36.8 Å². The van der Waals surface area contributed by atoms with Crippen LogP contribution in [0.1, 0.15) is 18.1 Å². The lowest BCUT2D eigenvalue weighted by atomic mass is 10.2. The molecule has 0 bridgehead atoms. The third kappa shape index (κ3) is 5.13. The summed E-state index contributed by atoms with van der Waals surface area (Å²) in [4.78, 5) is 19.4. The quantitative estimate of drug-likeness (QED) is 0.293. The van der Waals surface area contributed by atoms with Crippen LogP contribution in [0.4, 0.5) is 0 Å². The van der Waals surface area contributed by atoms with Crippen molar-refractivity contribution in [1.29, 1.82) is 0 Å². The lowest BCUT2D eigenvalue weighted by Crippen LogP contribution is -2.11. The highest BCUT2D eigenvalue weighted by molar-refractivity contribution is 7.98. The normalized spacial score (nSPS) is 11.1. The molecule has 2 aromatic carbocycles. The van der Waals surface area contributed by atoms with Crippen LogP contribution < -0.4 is 10.3 Å². The molecule has 0 amide bonds. The van der Waals surface area contributed by atoms with Gasteiger partial charge in [-0.3, -0.25) is 4.79 Å². The first kappa shape index (κ1) is 20.7. The Morgan fingerprint density at radius 3 is 2.87 bits per heavy atom. The summed E-state index contributed by atoms with van der Waals surface area (Å²) in [6.45, 7) is 0.453. The average molecular weight is 463 g/mol. The van der Waals surface area contributed by atoms with Crippen molar-refractivity contribution in [3.63, 3.8) is 0 Å². The minimum Gasteiger partial charge on any atom is -0.492 e. The summed E-state index contributed by atoms with van der Waals surface area (Å²) < 4.78 is 11.3. The van der Waals surface area contributed by atoms with Gasteiger partial charge in [-0.25, -0.2) is 4.98 Å². The molecule has 0 unspecified atom stereocenters. The number of hydrogen-bond donors (Lipinski definition) is 1. The molecule has 4 aromatic rings. The zero-order valence-corrected chi connectivity index (χ0v) is 17.9. The number of halogens is 2. The predicted molar refractivity (Wildman–Crippen MR) is 117 cm³/mol. The van der Waals surface area contributed by atoms with E-state index in [-0.39, 0.29) is 5.56 Å². The van der Waals surface area contributed by atoms with E-state index in [2.05, 4.69) is 20.2 Å². The number of fused-ring (bicyclic) bond motifs is 1. The van der Waals surface area contributed by atoms with Crippen LogP contribution in [-0.2, 0) is 12.2 Å². The summed E-state index contributed by atoms with van der Waals surface area (Å²) in [5.41, 5.74) is 0.493. The molecule has 4 rings (SSSR count). The first-order chi connectivity index (χ1) is 14.6. The van der Waals surface area contributed by atoms with Crippen molar-refractivity contribution in [2.45, 2.75) is 23.8 Å². The lowest BCUT2D eigenvalue weighted by molar-refractivity contribution is 0.302. The minimum atomic E-state index is -0.164. The highest BCUT2D eigenvalue weighted by atomic mass is 35.5. The van der Waals surface area contributed by atoms with Gasteiger partial charge in [0.05, 0.1) is 28.3 Å². The van der Waals surface area contributed by atoms with Crippen molar-refractivity contribution in [3.8, 4) is 5.75 Å². The predicted octanol–water partition coefficient (Wildman–Crippen LogP) is 4.92. The molecule has 10 heteroatoms. The summed E-state index contributed by atoms with van der Waals surface area (Å²) in [5, 5.41) is 10.1. The number of aromatic amines is 1. The van der Waals surface area contributed by atoms with E-state index in [0.29, 0.717) is 68.8 Å². The highest BCUT2D eigenvalue weighted by Crippen LogP contribution is 2.27. The standard InChI is InChI=1S/C20H16Cl2N4O3S/c21-12-7-8-16(14(22)10-12)28-9-3-6-18-25-26-20(29-18)30-11-17-23-15-5-2-1-4-13(15)19(27)24-17/h1-2,4-5,7-8,10H,3,6,9,11H2,(H,23,24,27). The summed E-state index contributed by atoms with van der Waals surface area (Å²) in [6, 6.07) is 12.3. The van der Waals surface area contributed by atoms with Gasteiger partial charge >= 0.3 is 0 Å². The van der Waals surface area contributed by atoms with Crippen molar-refractivity contribution in [2.24, 2.45) is 0 Å². The molecule has 154 valence electrons. The van der Waals surface area contributed by atoms with Crippen LogP contribution >= 0.6 is 35.0 Å². The second-order valence-corrected chi connectivity index (χ2v) is 8.08. The van der Waals surface area contributed by atoms with Crippen LogP contribution in [0.15, 0.2) is 56.9 Å².